The van der Waals surface area contributed by atoms with Crippen LogP contribution >= 0.6 is 0 Å². The molecule has 6 heteroatoms. The average Bonchev–Trinajstić information content (AvgIpc) is 3.69. The zero-order valence-corrected chi connectivity index (χ0v) is 37.1. The molecule has 61 heavy (non-hydrogen) atoms. The number of carbonyl (C=O) groups excluding carboxylic acids is 4. The van der Waals surface area contributed by atoms with E-state index in [4.69, 9.17) is 9.47 Å². The van der Waals surface area contributed by atoms with Crippen LogP contribution in [0.1, 0.15) is 116 Å². The molecular formula is C55H68O6. The van der Waals surface area contributed by atoms with E-state index >= 15 is 0 Å². The van der Waals surface area contributed by atoms with Crippen molar-refractivity contribution < 1.29 is 28.7 Å². The van der Waals surface area contributed by atoms with Crippen LogP contribution in [0.4, 0.5) is 0 Å². The third-order valence-corrected chi connectivity index (χ3v) is 11.2. The summed E-state index contributed by atoms with van der Waals surface area (Å²) in [5.74, 6) is 1.51. The van der Waals surface area contributed by atoms with Gasteiger partial charge in [0.15, 0.2) is 0 Å². The first kappa shape index (κ1) is 48.3. The average molecular weight is 825 g/mol. The number of esters is 2. The van der Waals surface area contributed by atoms with Crippen LogP contribution in [0.3, 0.4) is 0 Å². The van der Waals surface area contributed by atoms with E-state index in [9.17, 15) is 19.2 Å². The number of hydrogen-bond acceptors (Lipinski definition) is 6. The molecule has 2 saturated carbocycles. The molecule has 0 heterocycles. The summed E-state index contributed by atoms with van der Waals surface area (Å²) in [6.07, 6.45) is 28.2. The molecule has 2 aliphatic carbocycles. The molecular weight excluding hydrogens is 757 g/mol. The molecule has 0 amide bonds. The number of unbranched alkanes of at least 4 members (excludes halogenated alkanes) is 2. The van der Waals surface area contributed by atoms with Crippen molar-refractivity contribution in [3.05, 3.63) is 150 Å². The molecule has 2 aliphatic rings. The summed E-state index contributed by atoms with van der Waals surface area (Å²) in [6.45, 7) is 9.62. The third-order valence-electron chi connectivity index (χ3n) is 11.2. The maximum atomic E-state index is 13.0. The summed E-state index contributed by atoms with van der Waals surface area (Å²) in [5.41, 5.74) is 3.47. The molecule has 0 aromatic heterocycles. The Balaban J connectivity index is 0.000000276. The van der Waals surface area contributed by atoms with Crippen LogP contribution in [0.25, 0.3) is 18.2 Å². The van der Waals surface area contributed by atoms with Gasteiger partial charge in [0.1, 0.15) is 11.6 Å². The summed E-state index contributed by atoms with van der Waals surface area (Å²) in [4.78, 5) is 48.5. The number of ketones is 2. The van der Waals surface area contributed by atoms with E-state index in [0.717, 1.165) is 49.7 Å². The van der Waals surface area contributed by atoms with Crippen LogP contribution in [0.2, 0.25) is 0 Å². The van der Waals surface area contributed by atoms with Crippen LogP contribution in [0.15, 0.2) is 134 Å². The van der Waals surface area contributed by atoms with Gasteiger partial charge in [-0.2, -0.15) is 0 Å². The summed E-state index contributed by atoms with van der Waals surface area (Å²) in [7, 11) is 0. The number of benzene rings is 3. The van der Waals surface area contributed by atoms with Gasteiger partial charge in [0, 0.05) is 37.5 Å². The van der Waals surface area contributed by atoms with Crippen molar-refractivity contribution in [2.45, 2.75) is 111 Å². The quantitative estimate of drug-likeness (QED) is 0.0641. The SMILES string of the molecule is CC(C)OC(=O)CCC/C=C\C[C@H]1C(=O)CC(/C=C/c2ccccc2)[C@@H]1/C=C/c1ccccc1.CC(C)OC(=O)CCC/C=C\C[C@H]1C(=O)C[C@@H](C)[C@@H]1/C=C/c1ccccc1. The highest BCUT2D eigenvalue weighted by atomic mass is 16.5. The lowest BCUT2D eigenvalue weighted by atomic mass is 9.85. The van der Waals surface area contributed by atoms with Gasteiger partial charge in [0.25, 0.3) is 0 Å². The van der Waals surface area contributed by atoms with Gasteiger partial charge in [-0.15, -0.1) is 0 Å². The van der Waals surface area contributed by atoms with Gasteiger partial charge >= 0.3 is 11.9 Å². The highest BCUT2D eigenvalue weighted by Crippen LogP contribution is 2.40. The fourth-order valence-electron chi connectivity index (χ4n) is 8.09. The standard InChI is InChI=1S/C31H36O3.C24H32O3/c1-24(2)34-31(33)18-12-4-3-11-17-29-28(22-20-26-15-9-6-10-16-26)27(23-30(29)32)21-19-25-13-7-5-8-14-25;1-18(2)27-24(26)14-10-5-4-9-13-22-21(19(3)17-23(22)25)16-15-20-11-7-6-8-12-20/h3,5-11,13-16,19-22,24,27-29H,4,12,17-18,23H2,1-2H3;4,6-9,11-12,15-16,18-19,21-22H,5,10,13-14,17H2,1-3H3/b11-3-,21-19+,22-20+;9-4-,16-15+/t27?,28-,29+;19-,21+,22-/m01/s1. The Bertz CT molecular complexity index is 1920. The molecule has 0 saturated heterocycles. The van der Waals surface area contributed by atoms with E-state index in [0.29, 0.717) is 49.1 Å². The Kier molecular flexibility index (Phi) is 21.2. The smallest absolute Gasteiger partial charge is 0.306 e. The van der Waals surface area contributed by atoms with E-state index in [2.05, 4.69) is 104 Å². The van der Waals surface area contributed by atoms with E-state index in [-0.39, 0.29) is 47.8 Å². The molecule has 0 aliphatic heterocycles. The highest BCUT2D eigenvalue weighted by Gasteiger charge is 2.39. The van der Waals surface area contributed by atoms with Gasteiger partial charge < -0.3 is 9.47 Å². The van der Waals surface area contributed by atoms with Crippen LogP contribution in [0.5, 0.6) is 0 Å². The molecule has 324 valence electrons. The lowest BCUT2D eigenvalue weighted by Gasteiger charge is -2.17. The second-order valence-corrected chi connectivity index (χ2v) is 16.9. The topological polar surface area (TPSA) is 86.7 Å². The first-order chi connectivity index (χ1) is 29.5. The lowest BCUT2D eigenvalue weighted by molar-refractivity contribution is -0.148. The summed E-state index contributed by atoms with van der Waals surface area (Å²) < 4.78 is 10.3. The molecule has 1 unspecified atom stereocenters. The van der Waals surface area contributed by atoms with E-state index in [1.165, 1.54) is 5.56 Å². The summed E-state index contributed by atoms with van der Waals surface area (Å²) in [5, 5.41) is 0. The number of Topliss-reactive ketones (excluding diaryl/α,β-unsaturated/α-hetero) is 2. The van der Waals surface area contributed by atoms with E-state index in [1.54, 1.807) is 0 Å². The Morgan fingerprint density at radius 1 is 0.557 bits per heavy atom. The molecule has 5 rings (SSSR count). The van der Waals surface area contributed by atoms with Gasteiger partial charge in [0.05, 0.1) is 12.2 Å². The first-order valence-electron chi connectivity index (χ1n) is 22.4. The largest absolute Gasteiger partial charge is 0.463 e. The van der Waals surface area contributed by atoms with Gasteiger partial charge in [-0.1, -0.05) is 159 Å². The lowest BCUT2D eigenvalue weighted by Crippen LogP contribution is -2.14. The minimum absolute atomic E-state index is 0.0208. The second kappa shape index (κ2) is 26.8. The molecule has 0 spiro atoms. The predicted molar refractivity (Wildman–Crippen MR) is 250 cm³/mol. The molecule has 6 nitrogen and oxygen atoms in total. The van der Waals surface area contributed by atoms with Crippen molar-refractivity contribution >= 4 is 41.7 Å². The molecule has 0 radical (unpaired) electrons. The van der Waals surface area contributed by atoms with Crippen molar-refractivity contribution in [2.75, 3.05) is 0 Å². The normalized spacial score (nSPS) is 21.8. The highest BCUT2D eigenvalue weighted by molar-refractivity contribution is 5.85. The molecule has 3 aromatic carbocycles. The maximum Gasteiger partial charge on any atom is 0.306 e. The maximum absolute atomic E-state index is 13.0. The number of allylic oxidation sites excluding steroid dienone is 7. The number of ether oxygens (including phenoxy) is 2. The first-order valence-corrected chi connectivity index (χ1v) is 22.4. The van der Waals surface area contributed by atoms with Crippen LogP contribution in [0, 0.1) is 35.5 Å². The minimum atomic E-state index is -0.145. The fourth-order valence-corrected chi connectivity index (χ4v) is 8.09. The van der Waals surface area contributed by atoms with Crippen LogP contribution in [-0.4, -0.2) is 35.7 Å². The monoisotopic (exact) mass is 825 g/mol. The minimum Gasteiger partial charge on any atom is -0.463 e. The Morgan fingerprint density at radius 3 is 1.39 bits per heavy atom. The van der Waals surface area contributed by atoms with Crippen molar-refractivity contribution in [2.24, 2.45) is 35.5 Å². The van der Waals surface area contributed by atoms with Crippen molar-refractivity contribution in [3.63, 3.8) is 0 Å². The number of carbonyl (C=O) groups is 4. The molecule has 0 N–H and O–H groups in total. The van der Waals surface area contributed by atoms with Crippen LogP contribution < -0.4 is 0 Å². The van der Waals surface area contributed by atoms with Gasteiger partial charge in [-0.05, 0) is 107 Å². The van der Waals surface area contributed by atoms with Gasteiger partial charge in [-0.25, -0.2) is 0 Å². The van der Waals surface area contributed by atoms with Gasteiger partial charge in [0.2, 0.25) is 0 Å². The zero-order valence-electron chi connectivity index (χ0n) is 37.1. The Morgan fingerprint density at radius 2 is 0.951 bits per heavy atom. The Hall–Kier alpha value is -5.36. The van der Waals surface area contributed by atoms with Crippen molar-refractivity contribution in [1.29, 1.82) is 0 Å². The van der Waals surface area contributed by atoms with E-state index < -0.39 is 0 Å². The fraction of sp³-hybridized carbons (Fsp3) is 0.418. The van der Waals surface area contributed by atoms with E-state index in [1.807, 2.05) is 82.3 Å². The van der Waals surface area contributed by atoms with Crippen molar-refractivity contribution in [1.82, 2.24) is 0 Å². The molecule has 2 fully saturated rings. The van der Waals surface area contributed by atoms with Crippen LogP contribution in [-0.2, 0) is 28.7 Å². The second-order valence-electron chi connectivity index (χ2n) is 16.9. The molecule has 0 bridgehead atoms. The number of rotatable bonds is 20. The predicted octanol–water partition coefficient (Wildman–Crippen LogP) is 12.9. The molecule has 6 atom stereocenters. The summed E-state index contributed by atoms with van der Waals surface area (Å²) in [6, 6.07) is 30.7. The zero-order chi connectivity index (χ0) is 43.8. The third kappa shape index (κ3) is 18.0. The molecule has 3 aromatic rings. The Labute approximate surface area is 365 Å². The summed E-state index contributed by atoms with van der Waals surface area (Å²) >= 11 is 0. The van der Waals surface area contributed by atoms with Gasteiger partial charge in [-0.3, -0.25) is 19.2 Å². The van der Waals surface area contributed by atoms with Crippen molar-refractivity contribution in [3.8, 4) is 0 Å². The number of hydrogen-bond donors (Lipinski definition) is 0.